The third-order valence-corrected chi connectivity index (χ3v) is 4.03. The predicted octanol–water partition coefficient (Wildman–Crippen LogP) is 2.99. The molecule has 0 N–H and O–H groups in total. The summed E-state index contributed by atoms with van der Waals surface area (Å²) < 4.78 is 22.3. The summed E-state index contributed by atoms with van der Waals surface area (Å²) in [6, 6.07) is 18.3. The highest BCUT2D eigenvalue weighted by atomic mass is 16.7. The van der Waals surface area contributed by atoms with Gasteiger partial charge in [0.2, 0.25) is 6.79 Å². The first kappa shape index (κ1) is 14.5. The summed E-state index contributed by atoms with van der Waals surface area (Å²) in [4.78, 5) is 0. The molecule has 2 aromatic rings. The van der Waals surface area contributed by atoms with E-state index in [0.29, 0.717) is 17.1 Å². The van der Waals surface area contributed by atoms with Crippen molar-refractivity contribution in [3.63, 3.8) is 0 Å². The van der Waals surface area contributed by atoms with E-state index in [1.54, 1.807) is 18.2 Å². The molecule has 0 radical (unpaired) electrons. The van der Waals surface area contributed by atoms with E-state index < -0.39 is 18.0 Å². The molecule has 2 aliphatic rings. The van der Waals surface area contributed by atoms with Gasteiger partial charge in [-0.3, -0.25) is 0 Å². The Bertz CT molecular complexity index is 840. The van der Waals surface area contributed by atoms with E-state index in [9.17, 15) is 10.5 Å². The van der Waals surface area contributed by atoms with Gasteiger partial charge >= 0.3 is 0 Å². The van der Waals surface area contributed by atoms with Crippen molar-refractivity contribution in [1.82, 2.24) is 0 Å². The quantitative estimate of drug-likeness (QED) is 0.845. The molecule has 2 aromatic carbocycles. The van der Waals surface area contributed by atoms with Crippen LogP contribution in [0.2, 0.25) is 0 Å². The van der Waals surface area contributed by atoms with Crippen molar-refractivity contribution in [3.05, 3.63) is 59.7 Å². The van der Waals surface area contributed by atoms with Gasteiger partial charge < -0.3 is 18.9 Å². The maximum atomic E-state index is 9.57. The van der Waals surface area contributed by atoms with Gasteiger partial charge in [0.1, 0.15) is 18.2 Å². The smallest absolute Gasteiger partial charge is 0.274 e. The summed E-state index contributed by atoms with van der Waals surface area (Å²) in [5, 5.41) is 19.1. The van der Waals surface area contributed by atoms with Crippen LogP contribution in [0, 0.1) is 22.7 Å². The van der Waals surface area contributed by atoms with Gasteiger partial charge in [-0.25, -0.2) is 0 Å². The first-order chi connectivity index (χ1) is 11.8. The van der Waals surface area contributed by atoms with Gasteiger partial charge in [-0.1, -0.05) is 36.4 Å². The second kappa shape index (κ2) is 5.54. The largest absolute Gasteiger partial charge is 0.454 e. The van der Waals surface area contributed by atoms with Crippen LogP contribution in [0.1, 0.15) is 23.5 Å². The zero-order chi connectivity index (χ0) is 16.6. The number of hydrogen-bond acceptors (Lipinski definition) is 6. The number of ether oxygens (including phenoxy) is 4. The summed E-state index contributed by atoms with van der Waals surface area (Å²) in [5.41, 5.74) is -0.356. The van der Waals surface area contributed by atoms with Crippen molar-refractivity contribution in [2.45, 2.75) is 18.0 Å². The molecule has 0 saturated carbocycles. The summed E-state index contributed by atoms with van der Waals surface area (Å²) in [7, 11) is 0. The Labute approximate surface area is 138 Å². The van der Waals surface area contributed by atoms with Gasteiger partial charge in [0.25, 0.3) is 5.60 Å². The lowest BCUT2D eigenvalue weighted by Crippen LogP contribution is -2.30. The highest BCUT2D eigenvalue weighted by Crippen LogP contribution is 2.48. The van der Waals surface area contributed by atoms with Crippen LogP contribution in [0.15, 0.2) is 48.5 Å². The number of fused-ring (bicyclic) bond motifs is 1. The van der Waals surface area contributed by atoms with Crippen molar-refractivity contribution in [3.8, 4) is 23.6 Å². The summed E-state index contributed by atoms with van der Waals surface area (Å²) in [6.45, 7) is 0.148. The number of nitriles is 2. The van der Waals surface area contributed by atoms with E-state index in [1.165, 1.54) is 0 Å². The molecule has 1 saturated heterocycles. The van der Waals surface area contributed by atoms with Crippen LogP contribution in [0.3, 0.4) is 0 Å². The van der Waals surface area contributed by atoms with Gasteiger partial charge in [-0.15, -0.1) is 0 Å². The third-order valence-electron chi connectivity index (χ3n) is 4.03. The molecular formula is C18H12N2O4. The Kier molecular flexibility index (Phi) is 3.35. The Morgan fingerprint density at radius 2 is 1.67 bits per heavy atom. The minimum absolute atomic E-state index is 0.148. The average Bonchev–Trinajstić information content (AvgIpc) is 3.26. The van der Waals surface area contributed by atoms with E-state index in [0.717, 1.165) is 5.56 Å². The molecule has 0 amide bonds. The van der Waals surface area contributed by atoms with Crippen LogP contribution in [0.4, 0.5) is 0 Å². The van der Waals surface area contributed by atoms with E-state index in [2.05, 4.69) is 0 Å². The normalized spacial score (nSPS) is 23.4. The third kappa shape index (κ3) is 2.17. The van der Waals surface area contributed by atoms with Gasteiger partial charge in [-0.2, -0.15) is 10.5 Å². The lowest BCUT2D eigenvalue weighted by atomic mass is 9.93. The lowest BCUT2D eigenvalue weighted by Gasteiger charge is -2.18. The second-order valence-electron chi connectivity index (χ2n) is 5.45. The standard InChI is InChI=1S/C18H12N2O4/c19-9-18(10-20)16(13-6-7-14-15(8-13)22-11-21-14)23-17(24-18)12-4-2-1-3-5-12/h1-8,16-17H,11H2/t16-,17+/m1/s1. The van der Waals surface area contributed by atoms with Crippen LogP contribution >= 0.6 is 0 Å². The first-order valence-electron chi connectivity index (χ1n) is 7.36. The van der Waals surface area contributed by atoms with Crippen molar-refractivity contribution in [1.29, 1.82) is 10.5 Å². The number of rotatable bonds is 2. The van der Waals surface area contributed by atoms with Crippen LogP contribution < -0.4 is 9.47 Å². The van der Waals surface area contributed by atoms with E-state index in [-0.39, 0.29) is 6.79 Å². The van der Waals surface area contributed by atoms with Crippen LogP contribution in [-0.4, -0.2) is 12.4 Å². The van der Waals surface area contributed by atoms with Gasteiger partial charge in [0.05, 0.1) is 0 Å². The zero-order valence-corrected chi connectivity index (χ0v) is 12.5. The Morgan fingerprint density at radius 1 is 0.917 bits per heavy atom. The van der Waals surface area contributed by atoms with Crippen LogP contribution in [-0.2, 0) is 9.47 Å². The zero-order valence-electron chi connectivity index (χ0n) is 12.5. The molecule has 0 spiro atoms. The maximum absolute atomic E-state index is 9.57. The SMILES string of the molecule is N#CC1(C#N)O[C@@H](c2ccccc2)O[C@@H]1c1ccc2c(c1)OCO2. The number of benzene rings is 2. The topological polar surface area (TPSA) is 84.5 Å². The minimum Gasteiger partial charge on any atom is -0.454 e. The van der Waals surface area contributed by atoms with Crippen molar-refractivity contribution < 1.29 is 18.9 Å². The van der Waals surface area contributed by atoms with E-state index in [4.69, 9.17) is 18.9 Å². The molecule has 0 bridgehead atoms. The molecule has 0 unspecified atom stereocenters. The molecular weight excluding hydrogens is 308 g/mol. The fourth-order valence-corrected chi connectivity index (χ4v) is 2.82. The molecule has 4 rings (SSSR count). The Hall–Kier alpha value is -3.06. The van der Waals surface area contributed by atoms with Crippen molar-refractivity contribution in [2.24, 2.45) is 0 Å². The van der Waals surface area contributed by atoms with E-state index in [1.807, 2.05) is 42.5 Å². The Morgan fingerprint density at radius 3 is 2.42 bits per heavy atom. The molecule has 2 aliphatic heterocycles. The molecule has 2 atom stereocenters. The number of hydrogen-bond donors (Lipinski definition) is 0. The predicted molar refractivity (Wildman–Crippen MR) is 80.6 cm³/mol. The minimum atomic E-state index is -1.73. The molecule has 0 aliphatic carbocycles. The van der Waals surface area contributed by atoms with Gasteiger partial charge in [0, 0.05) is 5.56 Å². The van der Waals surface area contributed by atoms with Gasteiger partial charge in [0.15, 0.2) is 17.8 Å². The summed E-state index contributed by atoms with van der Waals surface area (Å²) >= 11 is 0. The highest BCUT2D eigenvalue weighted by molar-refractivity contribution is 5.47. The average molecular weight is 320 g/mol. The highest BCUT2D eigenvalue weighted by Gasteiger charge is 2.52. The molecule has 6 nitrogen and oxygen atoms in total. The summed E-state index contributed by atoms with van der Waals surface area (Å²) in [5.74, 6) is 1.18. The second-order valence-corrected chi connectivity index (χ2v) is 5.45. The lowest BCUT2D eigenvalue weighted by molar-refractivity contribution is -0.0718. The monoisotopic (exact) mass is 320 g/mol. The molecule has 24 heavy (non-hydrogen) atoms. The first-order valence-corrected chi connectivity index (χ1v) is 7.36. The maximum Gasteiger partial charge on any atom is 0.274 e. The fourth-order valence-electron chi connectivity index (χ4n) is 2.82. The number of nitrogens with zero attached hydrogens (tertiary/aromatic N) is 2. The van der Waals surface area contributed by atoms with E-state index >= 15 is 0 Å². The molecule has 6 heteroatoms. The van der Waals surface area contributed by atoms with Crippen LogP contribution in [0.25, 0.3) is 0 Å². The molecule has 2 heterocycles. The van der Waals surface area contributed by atoms with Crippen LogP contribution in [0.5, 0.6) is 11.5 Å². The van der Waals surface area contributed by atoms with Crippen molar-refractivity contribution >= 4 is 0 Å². The fraction of sp³-hybridized carbons (Fsp3) is 0.222. The van der Waals surface area contributed by atoms with Crippen molar-refractivity contribution in [2.75, 3.05) is 6.79 Å². The molecule has 1 fully saturated rings. The Balaban J connectivity index is 1.73. The summed E-state index contributed by atoms with van der Waals surface area (Å²) in [6.07, 6.45) is -1.65. The molecule has 0 aromatic heterocycles. The van der Waals surface area contributed by atoms with Gasteiger partial charge in [-0.05, 0) is 17.7 Å². The molecule has 118 valence electrons.